The molecule has 2 aromatic heterocycles. The fourth-order valence-electron chi connectivity index (χ4n) is 4.41. The van der Waals surface area contributed by atoms with Crippen LogP contribution in [-0.2, 0) is 7.05 Å². The highest BCUT2D eigenvalue weighted by molar-refractivity contribution is 7.09. The van der Waals surface area contributed by atoms with E-state index in [2.05, 4.69) is 25.5 Å². The minimum atomic E-state index is -0.409. The number of piperazine rings is 1. The number of allylic oxidation sites excluding steroid dienone is 1. The molecule has 0 aliphatic carbocycles. The maximum atomic E-state index is 14.7. The number of nitrogens with one attached hydrogen (secondary N) is 1. The molecule has 3 aliphatic rings. The number of amides is 2. The SMILES string of the molecule is Cc1nc(C2CC=NN2C(=O)N2CCN(C3=C(F)C=NC(c4c(C)cnn4C)N3)CC2)cs1. The normalized spacial score (nSPS) is 23.0. The van der Waals surface area contributed by atoms with Gasteiger partial charge in [0.25, 0.3) is 0 Å². The molecule has 10 nitrogen and oxygen atoms in total. The second-order valence-electron chi connectivity index (χ2n) is 8.30. The Morgan fingerprint density at radius 1 is 1.24 bits per heavy atom. The zero-order chi connectivity index (χ0) is 23.1. The third kappa shape index (κ3) is 3.99. The molecule has 33 heavy (non-hydrogen) atoms. The number of rotatable bonds is 3. The molecular weight excluding hydrogens is 445 g/mol. The van der Waals surface area contributed by atoms with E-state index in [-0.39, 0.29) is 12.1 Å². The number of hydrazone groups is 1. The first-order chi connectivity index (χ1) is 15.9. The number of hydrogen-bond acceptors (Lipinski definition) is 8. The molecule has 0 radical (unpaired) electrons. The van der Waals surface area contributed by atoms with Gasteiger partial charge in [-0.2, -0.15) is 10.2 Å². The first-order valence-electron chi connectivity index (χ1n) is 10.9. The van der Waals surface area contributed by atoms with Crippen molar-refractivity contribution in [3.8, 4) is 0 Å². The number of carbonyl (C=O) groups is 1. The minimum absolute atomic E-state index is 0.143. The van der Waals surface area contributed by atoms with Gasteiger partial charge in [0.15, 0.2) is 12.0 Å². The van der Waals surface area contributed by atoms with Crippen molar-refractivity contribution in [3.05, 3.63) is 45.2 Å². The number of carbonyl (C=O) groups excluding carboxylic acids is 1. The smallest absolute Gasteiger partial charge is 0.341 e. The summed E-state index contributed by atoms with van der Waals surface area (Å²) in [6.07, 6.45) is 5.05. The predicted molar refractivity (Wildman–Crippen MR) is 124 cm³/mol. The van der Waals surface area contributed by atoms with Crippen LogP contribution >= 0.6 is 11.3 Å². The molecule has 0 aromatic carbocycles. The molecule has 3 aliphatic heterocycles. The summed E-state index contributed by atoms with van der Waals surface area (Å²) in [6.45, 7) is 5.86. The molecule has 1 fully saturated rings. The number of aliphatic imine (C=N–C) groups is 1. The number of aromatic nitrogens is 3. The molecule has 2 unspecified atom stereocenters. The molecule has 0 spiro atoms. The van der Waals surface area contributed by atoms with E-state index in [1.54, 1.807) is 33.3 Å². The lowest BCUT2D eigenvalue weighted by molar-refractivity contribution is 0.111. The Bertz CT molecular complexity index is 1130. The third-order valence-electron chi connectivity index (χ3n) is 6.14. The van der Waals surface area contributed by atoms with Crippen molar-refractivity contribution in [1.82, 2.24) is 34.9 Å². The van der Waals surface area contributed by atoms with Gasteiger partial charge in [-0.05, 0) is 19.4 Å². The van der Waals surface area contributed by atoms with Crippen LogP contribution in [0.4, 0.5) is 9.18 Å². The fourth-order valence-corrected chi connectivity index (χ4v) is 5.07. The Morgan fingerprint density at radius 3 is 2.70 bits per heavy atom. The molecule has 5 heterocycles. The number of hydrogen-bond donors (Lipinski definition) is 1. The highest BCUT2D eigenvalue weighted by atomic mass is 32.1. The van der Waals surface area contributed by atoms with Crippen molar-refractivity contribution in [2.75, 3.05) is 26.2 Å². The molecule has 1 N–H and O–H groups in total. The van der Waals surface area contributed by atoms with Crippen LogP contribution in [0.25, 0.3) is 0 Å². The summed E-state index contributed by atoms with van der Waals surface area (Å²) in [5.41, 5.74) is 2.75. The Hall–Kier alpha value is -3.28. The largest absolute Gasteiger partial charge is 0.352 e. The van der Waals surface area contributed by atoms with Gasteiger partial charge >= 0.3 is 6.03 Å². The van der Waals surface area contributed by atoms with Crippen LogP contribution in [0.1, 0.15) is 40.6 Å². The Morgan fingerprint density at radius 2 is 2.03 bits per heavy atom. The zero-order valence-corrected chi connectivity index (χ0v) is 19.6. The van der Waals surface area contributed by atoms with Crippen LogP contribution in [-0.4, -0.2) is 74.2 Å². The highest BCUT2D eigenvalue weighted by Gasteiger charge is 2.35. The Kier molecular flexibility index (Phi) is 5.60. The first kappa shape index (κ1) is 21.6. The summed E-state index contributed by atoms with van der Waals surface area (Å²) in [5, 5.41) is 16.3. The van der Waals surface area contributed by atoms with Crippen LogP contribution < -0.4 is 5.32 Å². The molecule has 0 saturated carbocycles. The van der Waals surface area contributed by atoms with Crippen molar-refractivity contribution < 1.29 is 9.18 Å². The van der Waals surface area contributed by atoms with Gasteiger partial charge in [-0.3, -0.25) is 9.67 Å². The van der Waals surface area contributed by atoms with Crippen LogP contribution in [0.15, 0.2) is 33.3 Å². The molecule has 12 heteroatoms. The van der Waals surface area contributed by atoms with Gasteiger partial charge in [-0.1, -0.05) is 0 Å². The quantitative estimate of drug-likeness (QED) is 0.742. The molecule has 2 aromatic rings. The second kappa shape index (κ2) is 8.58. The maximum absolute atomic E-state index is 14.7. The van der Waals surface area contributed by atoms with Gasteiger partial charge in [0.1, 0.15) is 11.9 Å². The number of aryl methyl sites for hydroxylation is 3. The summed E-state index contributed by atoms with van der Waals surface area (Å²) in [5.74, 6) is -0.00771. The van der Waals surface area contributed by atoms with E-state index < -0.39 is 12.0 Å². The Labute approximate surface area is 195 Å². The Balaban J connectivity index is 1.24. The number of urea groups is 1. The van der Waals surface area contributed by atoms with Crippen molar-refractivity contribution in [2.24, 2.45) is 17.1 Å². The zero-order valence-electron chi connectivity index (χ0n) is 18.8. The summed E-state index contributed by atoms with van der Waals surface area (Å²) in [7, 11) is 1.85. The van der Waals surface area contributed by atoms with Gasteiger partial charge in [-0.25, -0.2) is 19.2 Å². The van der Waals surface area contributed by atoms with E-state index in [4.69, 9.17) is 0 Å². The number of halogens is 1. The van der Waals surface area contributed by atoms with Gasteiger partial charge in [0.05, 0.1) is 28.8 Å². The molecule has 2 amide bonds. The minimum Gasteiger partial charge on any atom is -0.352 e. The average molecular weight is 472 g/mol. The third-order valence-corrected chi connectivity index (χ3v) is 6.94. The first-order valence-corrected chi connectivity index (χ1v) is 11.8. The monoisotopic (exact) mass is 471 g/mol. The van der Waals surface area contributed by atoms with Crippen LogP contribution in [0.5, 0.6) is 0 Å². The van der Waals surface area contributed by atoms with E-state index in [9.17, 15) is 9.18 Å². The van der Waals surface area contributed by atoms with Gasteiger partial charge in [0.2, 0.25) is 0 Å². The van der Waals surface area contributed by atoms with E-state index in [1.165, 1.54) is 11.2 Å². The van der Waals surface area contributed by atoms with Crippen LogP contribution in [0.2, 0.25) is 0 Å². The van der Waals surface area contributed by atoms with Crippen molar-refractivity contribution in [2.45, 2.75) is 32.5 Å². The molecule has 5 rings (SSSR count). The summed E-state index contributed by atoms with van der Waals surface area (Å²) in [6, 6.07) is -0.310. The van der Waals surface area contributed by atoms with E-state index in [1.807, 2.05) is 31.2 Å². The molecule has 174 valence electrons. The lowest BCUT2D eigenvalue weighted by Crippen LogP contribution is -2.53. The fraction of sp³-hybridized carbons (Fsp3) is 0.476. The average Bonchev–Trinajstić information content (AvgIpc) is 3.54. The lowest BCUT2D eigenvalue weighted by atomic mass is 10.2. The molecule has 0 bridgehead atoms. The number of nitrogens with zero attached hydrogens (tertiary/aromatic N) is 8. The molecular formula is C21H26FN9OS. The number of thiazole rings is 1. The van der Waals surface area contributed by atoms with Gasteiger partial charge in [-0.15, -0.1) is 11.3 Å². The van der Waals surface area contributed by atoms with Crippen molar-refractivity contribution in [1.29, 1.82) is 0 Å². The van der Waals surface area contributed by atoms with Crippen LogP contribution in [0, 0.1) is 13.8 Å². The maximum Gasteiger partial charge on any atom is 0.341 e. The highest BCUT2D eigenvalue weighted by Crippen LogP contribution is 2.31. The van der Waals surface area contributed by atoms with E-state index >= 15 is 0 Å². The van der Waals surface area contributed by atoms with E-state index in [0.29, 0.717) is 38.4 Å². The second-order valence-corrected chi connectivity index (χ2v) is 9.36. The van der Waals surface area contributed by atoms with E-state index in [0.717, 1.165) is 22.0 Å². The lowest BCUT2D eigenvalue weighted by Gasteiger charge is -2.40. The topological polar surface area (TPSA) is 94.2 Å². The predicted octanol–water partition coefficient (Wildman–Crippen LogP) is 2.48. The standard InChI is InChI=1S/C21H26FN9OS/c1-13-10-25-28(3)18(13)19-23-11-15(22)20(27-19)29-6-8-30(9-7-29)21(32)31-17(4-5-24-31)16-12-33-14(2)26-16/h5,10-12,17,19,27H,4,6-9H2,1-3H3. The van der Waals surface area contributed by atoms with Crippen molar-refractivity contribution >= 4 is 29.8 Å². The van der Waals surface area contributed by atoms with Crippen molar-refractivity contribution in [3.63, 3.8) is 0 Å². The molecule has 1 saturated heterocycles. The summed E-state index contributed by atoms with van der Waals surface area (Å²) < 4.78 is 16.4. The molecule has 2 atom stereocenters. The van der Waals surface area contributed by atoms with Crippen LogP contribution in [0.3, 0.4) is 0 Å². The van der Waals surface area contributed by atoms with Gasteiger partial charge in [0, 0.05) is 51.2 Å². The summed E-state index contributed by atoms with van der Waals surface area (Å²) >= 11 is 1.57. The summed E-state index contributed by atoms with van der Waals surface area (Å²) in [4.78, 5) is 25.7. The van der Waals surface area contributed by atoms with Gasteiger partial charge < -0.3 is 15.1 Å².